The molecule has 6 nitrogen and oxygen atoms in total. The van der Waals surface area contributed by atoms with Crippen LogP contribution in [-0.4, -0.2) is 78.6 Å². The molecule has 112 valence electrons. The van der Waals surface area contributed by atoms with Crippen LogP contribution in [0, 0.1) is 5.92 Å². The molecule has 0 saturated carbocycles. The zero-order valence-corrected chi connectivity index (χ0v) is 12.1. The predicted octanol–water partition coefficient (Wildman–Crippen LogP) is -0.412. The Bertz CT molecular complexity index is 370. The third kappa shape index (κ3) is 3.79. The normalized spacial score (nSPS) is 21.9. The van der Waals surface area contributed by atoms with Gasteiger partial charge < -0.3 is 14.6 Å². The highest BCUT2D eigenvalue weighted by Crippen LogP contribution is 2.15. The molecule has 0 bridgehead atoms. The lowest BCUT2D eigenvalue weighted by Gasteiger charge is -2.36. The first kappa shape index (κ1) is 15.0. The van der Waals surface area contributed by atoms with E-state index >= 15 is 0 Å². The van der Waals surface area contributed by atoms with Crippen molar-refractivity contribution >= 4 is 18.1 Å². The van der Waals surface area contributed by atoms with Crippen molar-refractivity contribution in [2.75, 3.05) is 45.8 Å². The van der Waals surface area contributed by atoms with Gasteiger partial charge in [-0.2, -0.15) is 0 Å². The summed E-state index contributed by atoms with van der Waals surface area (Å²) in [4.78, 5) is 39.9. The Hall–Kier alpha value is -1.43. The second-order valence-electron chi connectivity index (χ2n) is 5.64. The molecule has 2 aliphatic rings. The predicted molar refractivity (Wildman–Crippen MR) is 74.1 cm³/mol. The van der Waals surface area contributed by atoms with E-state index in [1.165, 1.54) is 0 Å². The molecule has 0 N–H and O–H groups in total. The van der Waals surface area contributed by atoms with Gasteiger partial charge in [0.05, 0.1) is 6.54 Å². The molecule has 2 rings (SSSR count). The SMILES string of the molecule is CC(=O)N1CCN(C(=O)CN2CCC(C=O)CC2)CC1. The van der Waals surface area contributed by atoms with E-state index in [0.29, 0.717) is 32.7 Å². The summed E-state index contributed by atoms with van der Waals surface area (Å²) in [6, 6.07) is 0. The molecule has 0 atom stereocenters. The van der Waals surface area contributed by atoms with Crippen molar-refractivity contribution < 1.29 is 14.4 Å². The van der Waals surface area contributed by atoms with Crippen molar-refractivity contribution in [3.63, 3.8) is 0 Å². The van der Waals surface area contributed by atoms with E-state index in [4.69, 9.17) is 0 Å². The van der Waals surface area contributed by atoms with Gasteiger partial charge >= 0.3 is 0 Å². The van der Waals surface area contributed by atoms with Crippen LogP contribution in [0.15, 0.2) is 0 Å². The maximum Gasteiger partial charge on any atom is 0.236 e. The third-order valence-electron chi connectivity index (χ3n) is 4.26. The second kappa shape index (κ2) is 6.83. The zero-order chi connectivity index (χ0) is 14.5. The Morgan fingerprint density at radius 1 is 1.00 bits per heavy atom. The maximum absolute atomic E-state index is 12.2. The van der Waals surface area contributed by atoms with Gasteiger partial charge in [-0.15, -0.1) is 0 Å². The van der Waals surface area contributed by atoms with Gasteiger partial charge in [-0.05, 0) is 25.9 Å². The highest BCUT2D eigenvalue weighted by molar-refractivity contribution is 5.79. The Morgan fingerprint density at radius 2 is 1.55 bits per heavy atom. The van der Waals surface area contributed by atoms with Gasteiger partial charge in [-0.1, -0.05) is 0 Å². The van der Waals surface area contributed by atoms with Crippen LogP contribution in [0.2, 0.25) is 0 Å². The first-order valence-electron chi connectivity index (χ1n) is 7.31. The van der Waals surface area contributed by atoms with Crippen LogP contribution in [0.25, 0.3) is 0 Å². The van der Waals surface area contributed by atoms with E-state index in [2.05, 4.69) is 4.90 Å². The summed E-state index contributed by atoms with van der Waals surface area (Å²) >= 11 is 0. The first-order chi connectivity index (χ1) is 9.60. The minimum absolute atomic E-state index is 0.0769. The summed E-state index contributed by atoms with van der Waals surface area (Å²) < 4.78 is 0. The van der Waals surface area contributed by atoms with Crippen LogP contribution in [-0.2, 0) is 14.4 Å². The minimum Gasteiger partial charge on any atom is -0.339 e. The Morgan fingerprint density at radius 3 is 2.05 bits per heavy atom. The van der Waals surface area contributed by atoms with Crippen molar-refractivity contribution in [2.24, 2.45) is 5.92 Å². The summed E-state index contributed by atoms with van der Waals surface area (Å²) in [6.07, 6.45) is 2.74. The monoisotopic (exact) mass is 281 g/mol. The molecular formula is C14H23N3O3. The quantitative estimate of drug-likeness (QED) is 0.660. The van der Waals surface area contributed by atoms with E-state index in [9.17, 15) is 14.4 Å². The molecule has 0 aliphatic carbocycles. The lowest BCUT2D eigenvalue weighted by molar-refractivity contribution is -0.139. The van der Waals surface area contributed by atoms with Crippen LogP contribution >= 0.6 is 0 Å². The Balaban J connectivity index is 1.73. The topological polar surface area (TPSA) is 60.9 Å². The molecule has 2 fully saturated rings. The smallest absolute Gasteiger partial charge is 0.236 e. The van der Waals surface area contributed by atoms with Gasteiger partial charge in [-0.3, -0.25) is 14.5 Å². The number of aldehydes is 1. The number of likely N-dealkylation sites (tertiary alicyclic amines) is 1. The number of rotatable bonds is 3. The summed E-state index contributed by atoms with van der Waals surface area (Å²) in [5.74, 6) is 0.381. The fourth-order valence-corrected chi connectivity index (χ4v) is 2.81. The van der Waals surface area contributed by atoms with Gasteiger partial charge in [0.25, 0.3) is 0 Å². The van der Waals surface area contributed by atoms with E-state index in [1.54, 1.807) is 11.8 Å². The van der Waals surface area contributed by atoms with Crippen LogP contribution in [0.3, 0.4) is 0 Å². The number of amides is 2. The lowest BCUT2D eigenvalue weighted by atomic mass is 9.99. The summed E-state index contributed by atoms with van der Waals surface area (Å²) in [5.41, 5.74) is 0. The highest BCUT2D eigenvalue weighted by atomic mass is 16.2. The molecule has 0 spiro atoms. The van der Waals surface area contributed by atoms with Crippen LogP contribution in [0.1, 0.15) is 19.8 Å². The molecule has 0 aromatic rings. The fraction of sp³-hybridized carbons (Fsp3) is 0.786. The van der Waals surface area contributed by atoms with Crippen molar-refractivity contribution in [2.45, 2.75) is 19.8 Å². The fourth-order valence-electron chi connectivity index (χ4n) is 2.81. The molecule has 20 heavy (non-hydrogen) atoms. The van der Waals surface area contributed by atoms with Gasteiger partial charge in [0, 0.05) is 39.0 Å². The zero-order valence-electron chi connectivity index (χ0n) is 12.1. The largest absolute Gasteiger partial charge is 0.339 e. The summed E-state index contributed by atoms with van der Waals surface area (Å²) in [5, 5.41) is 0. The first-order valence-corrected chi connectivity index (χ1v) is 7.31. The summed E-state index contributed by atoms with van der Waals surface area (Å²) in [7, 11) is 0. The van der Waals surface area contributed by atoms with Crippen LogP contribution in [0.5, 0.6) is 0 Å². The summed E-state index contributed by atoms with van der Waals surface area (Å²) in [6.45, 7) is 6.17. The number of piperidine rings is 1. The second-order valence-corrected chi connectivity index (χ2v) is 5.64. The third-order valence-corrected chi connectivity index (χ3v) is 4.26. The number of carbonyl (C=O) groups excluding carboxylic acids is 3. The highest BCUT2D eigenvalue weighted by Gasteiger charge is 2.25. The van der Waals surface area contributed by atoms with Crippen LogP contribution in [0.4, 0.5) is 0 Å². The number of hydrogen-bond acceptors (Lipinski definition) is 4. The van der Waals surface area contributed by atoms with E-state index in [-0.39, 0.29) is 17.7 Å². The van der Waals surface area contributed by atoms with Gasteiger partial charge in [0.1, 0.15) is 6.29 Å². The molecule has 2 amide bonds. The van der Waals surface area contributed by atoms with Gasteiger partial charge in [-0.25, -0.2) is 0 Å². The molecule has 6 heteroatoms. The number of piperazine rings is 1. The standard InChI is InChI=1S/C14H23N3O3/c1-12(19)16-6-8-17(9-7-16)14(20)10-15-4-2-13(11-18)3-5-15/h11,13H,2-10H2,1H3. The molecule has 0 radical (unpaired) electrons. The Kier molecular flexibility index (Phi) is 5.11. The molecule has 0 aromatic heterocycles. The van der Waals surface area contributed by atoms with Gasteiger partial charge in [0.15, 0.2) is 0 Å². The lowest BCUT2D eigenvalue weighted by Crippen LogP contribution is -2.52. The number of hydrogen-bond donors (Lipinski definition) is 0. The van der Waals surface area contributed by atoms with Crippen molar-refractivity contribution in [3.05, 3.63) is 0 Å². The molecular weight excluding hydrogens is 258 g/mol. The van der Waals surface area contributed by atoms with Gasteiger partial charge in [0.2, 0.25) is 11.8 Å². The average Bonchev–Trinajstić information content (AvgIpc) is 2.48. The molecule has 2 saturated heterocycles. The maximum atomic E-state index is 12.2. The van der Waals surface area contributed by atoms with Crippen molar-refractivity contribution in [1.82, 2.24) is 14.7 Å². The minimum atomic E-state index is 0.0769. The number of nitrogens with zero attached hydrogens (tertiary/aromatic N) is 3. The average molecular weight is 281 g/mol. The van der Waals surface area contributed by atoms with Crippen LogP contribution < -0.4 is 0 Å². The molecule has 0 aromatic carbocycles. The molecule has 2 aliphatic heterocycles. The molecule has 0 unspecified atom stereocenters. The molecule has 2 heterocycles. The van der Waals surface area contributed by atoms with E-state index in [0.717, 1.165) is 32.2 Å². The number of carbonyl (C=O) groups is 3. The van der Waals surface area contributed by atoms with Crippen molar-refractivity contribution in [3.8, 4) is 0 Å². The Labute approximate surface area is 119 Å². The van der Waals surface area contributed by atoms with E-state index < -0.39 is 0 Å². The van der Waals surface area contributed by atoms with Crippen molar-refractivity contribution in [1.29, 1.82) is 0 Å². The van der Waals surface area contributed by atoms with E-state index in [1.807, 2.05) is 4.90 Å².